The molecule has 3 rings (SSSR count). The normalized spacial score (nSPS) is 16.1. The largest absolute Gasteiger partial charge is 0.468 e. The lowest BCUT2D eigenvalue weighted by Crippen LogP contribution is -2.40. The zero-order valence-electron chi connectivity index (χ0n) is 15.2. The molecule has 1 aromatic carbocycles. The molecule has 1 fully saturated rings. The van der Waals surface area contributed by atoms with Crippen molar-refractivity contribution in [2.45, 2.75) is 25.4 Å². The maximum Gasteiger partial charge on any atom is 0.234 e. The highest BCUT2D eigenvalue weighted by Gasteiger charge is 2.25. The van der Waals surface area contributed by atoms with Crippen molar-refractivity contribution in [3.8, 4) is 0 Å². The Kier molecular flexibility index (Phi) is 6.72. The molecule has 1 unspecified atom stereocenters. The number of rotatable bonds is 8. The van der Waals surface area contributed by atoms with E-state index in [9.17, 15) is 4.79 Å². The highest BCUT2D eigenvalue weighted by Crippen LogP contribution is 2.29. The predicted molar refractivity (Wildman–Crippen MR) is 103 cm³/mol. The maximum absolute atomic E-state index is 12.4. The van der Waals surface area contributed by atoms with E-state index in [1.165, 1.54) is 12.8 Å². The number of likely N-dealkylation sites (N-methyl/N-ethyl adjacent to an activating group) is 1. The lowest BCUT2D eigenvalue weighted by atomic mass is 10.1. The molecule has 6 heteroatoms. The predicted octanol–water partition coefficient (Wildman–Crippen LogP) is 3.32. The Labute approximate surface area is 159 Å². The molecule has 1 N–H and O–H groups in total. The van der Waals surface area contributed by atoms with E-state index < -0.39 is 0 Å². The molecule has 2 aromatic rings. The van der Waals surface area contributed by atoms with E-state index in [4.69, 9.17) is 16.0 Å². The zero-order valence-corrected chi connectivity index (χ0v) is 15.9. The van der Waals surface area contributed by atoms with Crippen LogP contribution in [0.1, 0.15) is 30.2 Å². The van der Waals surface area contributed by atoms with Crippen LogP contribution < -0.4 is 5.32 Å². The molecule has 0 spiro atoms. The van der Waals surface area contributed by atoms with Gasteiger partial charge in [0.1, 0.15) is 5.76 Å². The highest BCUT2D eigenvalue weighted by atomic mass is 35.5. The fourth-order valence-electron chi connectivity index (χ4n) is 3.47. The van der Waals surface area contributed by atoms with Crippen LogP contribution in [-0.4, -0.2) is 48.9 Å². The molecule has 1 aliphatic heterocycles. The van der Waals surface area contributed by atoms with Gasteiger partial charge in [0.2, 0.25) is 5.91 Å². The molecule has 0 saturated carbocycles. The quantitative estimate of drug-likeness (QED) is 0.769. The van der Waals surface area contributed by atoms with Crippen molar-refractivity contribution in [3.05, 3.63) is 59.0 Å². The number of carbonyl (C=O) groups is 1. The Morgan fingerprint density at radius 3 is 2.73 bits per heavy atom. The summed E-state index contributed by atoms with van der Waals surface area (Å²) in [6, 6.07) is 11.8. The van der Waals surface area contributed by atoms with E-state index in [2.05, 4.69) is 16.3 Å². The molecule has 140 valence electrons. The van der Waals surface area contributed by atoms with E-state index in [1.54, 1.807) is 6.26 Å². The van der Waals surface area contributed by atoms with Gasteiger partial charge >= 0.3 is 0 Å². The molecule has 1 atom stereocenters. The molecule has 1 aliphatic rings. The van der Waals surface area contributed by atoms with Gasteiger partial charge in [0, 0.05) is 11.6 Å². The van der Waals surface area contributed by atoms with Gasteiger partial charge in [-0.15, -0.1) is 0 Å². The first kappa shape index (κ1) is 19.0. The minimum atomic E-state index is 0.00954. The molecule has 0 bridgehead atoms. The SMILES string of the molecule is CN(CC(=O)NCC(c1ccccc1Cl)N1CCCC1)Cc1ccco1. The second-order valence-electron chi connectivity index (χ2n) is 6.84. The number of halogens is 1. The molecule has 0 radical (unpaired) electrons. The van der Waals surface area contributed by atoms with Gasteiger partial charge in [-0.25, -0.2) is 0 Å². The van der Waals surface area contributed by atoms with Crippen LogP contribution >= 0.6 is 11.6 Å². The number of benzene rings is 1. The van der Waals surface area contributed by atoms with E-state index in [0.717, 1.165) is 29.4 Å². The van der Waals surface area contributed by atoms with Crippen LogP contribution in [0.25, 0.3) is 0 Å². The lowest BCUT2D eigenvalue weighted by Gasteiger charge is -2.29. The molecule has 26 heavy (non-hydrogen) atoms. The molecular formula is C20H26ClN3O2. The minimum Gasteiger partial charge on any atom is -0.468 e. The van der Waals surface area contributed by atoms with Crippen molar-refractivity contribution in [3.63, 3.8) is 0 Å². The second kappa shape index (κ2) is 9.21. The van der Waals surface area contributed by atoms with Gasteiger partial charge in [-0.2, -0.15) is 0 Å². The Morgan fingerprint density at radius 2 is 2.04 bits per heavy atom. The van der Waals surface area contributed by atoms with E-state index >= 15 is 0 Å². The van der Waals surface area contributed by atoms with Crippen molar-refractivity contribution < 1.29 is 9.21 Å². The van der Waals surface area contributed by atoms with Crippen LogP contribution in [-0.2, 0) is 11.3 Å². The third-order valence-corrected chi connectivity index (χ3v) is 5.10. The summed E-state index contributed by atoms with van der Waals surface area (Å²) in [5.41, 5.74) is 1.08. The van der Waals surface area contributed by atoms with E-state index in [-0.39, 0.29) is 11.9 Å². The highest BCUT2D eigenvalue weighted by molar-refractivity contribution is 6.31. The molecular weight excluding hydrogens is 350 g/mol. The first-order valence-corrected chi connectivity index (χ1v) is 9.47. The first-order chi connectivity index (χ1) is 12.6. The van der Waals surface area contributed by atoms with Gasteiger partial charge in [-0.3, -0.25) is 14.6 Å². The minimum absolute atomic E-state index is 0.00954. The molecule has 1 aromatic heterocycles. The summed E-state index contributed by atoms with van der Waals surface area (Å²) in [5.74, 6) is 0.863. The average Bonchev–Trinajstić information content (AvgIpc) is 3.30. The Bertz CT molecular complexity index is 699. The molecule has 5 nitrogen and oxygen atoms in total. The summed E-state index contributed by atoms with van der Waals surface area (Å²) in [4.78, 5) is 16.7. The molecule has 1 amide bonds. The first-order valence-electron chi connectivity index (χ1n) is 9.09. The third kappa shape index (κ3) is 5.10. The van der Waals surface area contributed by atoms with Gasteiger partial charge in [0.25, 0.3) is 0 Å². The number of hydrogen-bond donors (Lipinski definition) is 1. The van der Waals surface area contributed by atoms with Gasteiger partial charge in [0.15, 0.2) is 0 Å². The summed E-state index contributed by atoms with van der Waals surface area (Å²) in [6.07, 6.45) is 4.04. The van der Waals surface area contributed by atoms with Crippen molar-refractivity contribution in [1.82, 2.24) is 15.1 Å². The average molecular weight is 376 g/mol. The molecule has 2 heterocycles. The lowest BCUT2D eigenvalue weighted by molar-refractivity contribution is -0.122. The van der Waals surface area contributed by atoms with E-state index in [1.807, 2.05) is 42.3 Å². The fraction of sp³-hybridized carbons (Fsp3) is 0.450. The van der Waals surface area contributed by atoms with Crippen molar-refractivity contribution in [2.24, 2.45) is 0 Å². The van der Waals surface area contributed by atoms with Crippen LogP contribution in [0.4, 0.5) is 0 Å². The number of hydrogen-bond acceptors (Lipinski definition) is 4. The molecule has 0 aliphatic carbocycles. The standard InChI is InChI=1S/C20H26ClN3O2/c1-23(14-16-7-6-12-26-16)15-20(25)22-13-19(24-10-4-5-11-24)17-8-2-3-9-18(17)21/h2-3,6-9,12,19H,4-5,10-11,13-15H2,1H3,(H,22,25). The van der Waals surface area contributed by atoms with Gasteiger partial charge < -0.3 is 9.73 Å². The number of nitrogens with one attached hydrogen (secondary N) is 1. The van der Waals surface area contributed by atoms with Gasteiger partial charge in [0.05, 0.1) is 25.4 Å². The smallest absolute Gasteiger partial charge is 0.234 e. The van der Waals surface area contributed by atoms with Crippen molar-refractivity contribution in [2.75, 3.05) is 33.2 Å². The van der Waals surface area contributed by atoms with Crippen LogP contribution in [0.5, 0.6) is 0 Å². The number of furan rings is 1. The summed E-state index contributed by atoms with van der Waals surface area (Å²) >= 11 is 6.42. The number of likely N-dealkylation sites (tertiary alicyclic amines) is 1. The Balaban J connectivity index is 1.57. The second-order valence-corrected chi connectivity index (χ2v) is 7.24. The third-order valence-electron chi connectivity index (χ3n) is 4.76. The topological polar surface area (TPSA) is 48.7 Å². The zero-order chi connectivity index (χ0) is 18.4. The van der Waals surface area contributed by atoms with Crippen molar-refractivity contribution >= 4 is 17.5 Å². The van der Waals surface area contributed by atoms with Crippen LogP contribution in [0, 0.1) is 0 Å². The Hall–Kier alpha value is -1.82. The molecule has 1 saturated heterocycles. The van der Waals surface area contributed by atoms with Crippen LogP contribution in [0.2, 0.25) is 5.02 Å². The maximum atomic E-state index is 12.4. The van der Waals surface area contributed by atoms with Crippen LogP contribution in [0.15, 0.2) is 47.1 Å². The monoisotopic (exact) mass is 375 g/mol. The number of nitrogens with zero attached hydrogens (tertiary/aromatic N) is 2. The van der Waals surface area contributed by atoms with Gasteiger partial charge in [-0.05, 0) is 56.7 Å². The fourth-order valence-corrected chi connectivity index (χ4v) is 3.73. The number of amides is 1. The summed E-state index contributed by atoms with van der Waals surface area (Å²) in [6.45, 7) is 3.60. The Morgan fingerprint density at radius 1 is 1.27 bits per heavy atom. The van der Waals surface area contributed by atoms with Crippen molar-refractivity contribution in [1.29, 1.82) is 0 Å². The van der Waals surface area contributed by atoms with Gasteiger partial charge in [-0.1, -0.05) is 29.8 Å². The van der Waals surface area contributed by atoms with E-state index in [0.29, 0.717) is 19.6 Å². The number of carbonyl (C=O) groups excluding carboxylic acids is 1. The summed E-state index contributed by atoms with van der Waals surface area (Å²) in [7, 11) is 1.91. The summed E-state index contributed by atoms with van der Waals surface area (Å²) < 4.78 is 5.33. The van der Waals surface area contributed by atoms with Crippen LogP contribution in [0.3, 0.4) is 0 Å². The summed E-state index contributed by atoms with van der Waals surface area (Å²) in [5, 5.41) is 3.84.